The number of amides is 2. The van der Waals surface area contributed by atoms with Crippen molar-refractivity contribution in [2.75, 3.05) is 5.32 Å². The number of para-hydroxylation sites is 2. The molecule has 7 nitrogen and oxygen atoms in total. The normalized spacial score (nSPS) is 17.7. The molecular weight excluding hydrogens is 300 g/mol. The molecule has 0 aliphatic carbocycles. The first kappa shape index (κ1) is 16.8. The Labute approximate surface area is 134 Å². The summed E-state index contributed by atoms with van der Waals surface area (Å²) in [7, 11) is 0. The number of rotatable bonds is 6. The van der Waals surface area contributed by atoms with Gasteiger partial charge in [-0.15, -0.1) is 0 Å². The number of carbonyl (C=O) groups excluding carboxylic acids is 2. The second kappa shape index (κ2) is 7.13. The molecule has 1 aromatic carbocycles. The van der Waals surface area contributed by atoms with Crippen molar-refractivity contribution < 1.29 is 24.2 Å². The number of carboxylic acids is 1. The number of carbonyl (C=O) groups is 3. The molecular formula is C16H20N2O5. The molecule has 0 spiro atoms. The molecule has 0 bridgehead atoms. The molecule has 0 radical (unpaired) electrons. The summed E-state index contributed by atoms with van der Waals surface area (Å²) in [5.74, 6) is -1.43. The second-order valence-electron chi connectivity index (χ2n) is 5.88. The van der Waals surface area contributed by atoms with Crippen LogP contribution in [-0.4, -0.2) is 35.0 Å². The van der Waals surface area contributed by atoms with Gasteiger partial charge in [0.2, 0.25) is 5.91 Å². The van der Waals surface area contributed by atoms with E-state index < -0.39 is 29.9 Å². The summed E-state index contributed by atoms with van der Waals surface area (Å²) in [6.07, 6.45) is -0.887. The fourth-order valence-electron chi connectivity index (χ4n) is 2.34. The van der Waals surface area contributed by atoms with Crippen molar-refractivity contribution in [2.45, 2.75) is 38.8 Å². The van der Waals surface area contributed by atoms with E-state index in [4.69, 9.17) is 9.84 Å². The summed E-state index contributed by atoms with van der Waals surface area (Å²) in [6, 6.07) is 5.95. The minimum absolute atomic E-state index is 0.123. The van der Waals surface area contributed by atoms with Crippen LogP contribution in [0, 0.1) is 5.92 Å². The van der Waals surface area contributed by atoms with E-state index in [1.165, 1.54) is 0 Å². The Hall–Kier alpha value is -2.57. The molecule has 0 saturated carbocycles. The highest BCUT2D eigenvalue weighted by molar-refractivity contribution is 6.00. The van der Waals surface area contributed by atoms with Crippen LogP contribution < -0.4 is 15.4 Å². The molecule has 1 aliphatic rings. The number of nitrogens with one attached hydrogen (secondary N) is 2. The van der Waals surface area contributed by atoms with Crippen LogP contribution in [0.3, 0.4) is 0 Å². The van der Waals surface area contributed by atoms with Crippen LogP contribution in [-0.2, 0) is 14.4 Å². The maximum absolute atomic E-state index is 12.0. The molecule has 1 aromatic rings. The fraction of sp³-hybridized carbons (Fsp3) is 0.438. The molecule has 7 heteroatoms. The summed E-state index contributed by atoms with van der Waals surface area (Å²) in [5, 5.41) is 14.2. The summed E-state index contributed by atoms with van der Waals surface area (Å²) in [4.78, 5) is 35.2. The summed E-state index contributed by atoms with van der Waals surface area (Å²) in [5.41, 5.74) is 0.553. The Morgan fingerprint density at radius 1 is 1.35 bits per heavy atom. The lowest BCUT2D eigenvalue weighted by Gasteiger charge is -2.26. The predicted molar refractivity (Wildman–Crippen MR) is 83.1 cm³/mol. The maximum atomic E-state index is 12.0. The number of aliphatic carboxylic acids is 1. The van der Waals surface area contributed by atoms with E-state index in [-0.39, 0.29) is 12.3 Å². The van der Waals surface area contributed by atoms with Crippen LogP contribution in [0.25, 0.3) is 0 Å². The molecule has 124 valence electrons. The van der Waals surface area contributed by atoms with Gasteiger partial charge in [-0.2, -0.15) is 0 Å². The van der Waals surface area contributed by atoms with E-state index in [1.54, 1.807) is 24.3 Å². The van der Waals surface area contributed by atoms with E-state index in [1.807, 2.05) is 13.8 Å². The lowest BCUT2D eigenvalue weighted by Crippen LogP contribution is -2.46. The van der Waals surface area contributed by atoms with Gasteiger partial charge in [0.15, 0.2) is 6.10 Å². The predicted octanol–water partition coefficient (Wildman–Crippen LogP) is 1.39. The first-order chi connectivity index (χ1) is 10.9. The number of ether oxygens (including phenoxy) is 1. The number of fused-ring (bicyclic) bond motifs is 1. The molecule has 23 heavy (non-hydrogen) atoms. The van der Waals surface area contributed by atoms with Crippen molar-refractivity contribution >= 4 is 23.5 Å². The van der Waals surface area contributed by atoms with Crippen LogP contribution >= 0.6 is 0 Å². The van der Waals surface area contributed by atoms with Gasteiger partial charge < -0.3 is 20.5 Å². The topological polar surface area (TPSA) is 105 Å². The third-order valence-electron chi connectivity index (χ3n) is 3.42. The zero-order valence-corrected chi connectivity index (χ0v) is 13.0. The number of hydrogen-bond donors (Lipinski definition) is 3. The number of hydrogen-bond acceptors (Lipinski definition) is 4. The number of carboxylic acid groups (broad SMARTS) is 1. The lowest BCUT2D eigenvalue weighted by atomic mass is 10.0. The van der Waals surface area contributed by atoms with Gasteiger partial charge in [0, 0.05) is 0 Å². The van der Waals surface area contributed by atoms with Gasteiger partial charge in [-0.1, -0.05) is 26.0 Å². The van der Waals surface area contributed by atoms with Gasteiger partial charge in [0.05, 0.1) is 12.1 Å². The van der Waals surface area contributed by atoms with Crippen LogP contribution in [0.4, 0.5) is 5.69 Å². The zero-order chi connectivity index (χ0) is 17.0. The highest BCUT2D eigenvalue weighted by Gasteiger charge is 2.31. The summed E-state index contributed by atoms with van der Waals surface area (Å²) < 4.78 is 5.52. The SMILES string of the molecule is CC(C)CC(NC(=O)CC1Oc2ccccc2NC1=O)C(=O)O. The van der Waals surface area contributed by atoms with E-state index in [2.05, 4.69) is 10.6 Å². The lowest BCUT2D eigenvalue weighted by molar-refractivity contribution is -0.142. The minimum Gasteiger partial charge on any atom is -0.480 e. The van der Waals surface area contributed by atoms with Crippen molar-refractivity contribution in [2.24, 2.45) is 5.92 Å². The van der Waals surface area contributed by atoms with E-state index >= 15 is 0 Å². The molecule has 2 rings (SSSR count). The summed E-state index contributed by atoms with van der Waals surface area (Å²) >= 11 is 0. The Balaban J connectivity index is 1.97. The van der Waals surface area contributed by atoms with Crippen molar-refractivity contribution in [1.82, 2.24) is 5.32 Å². The largest absolute Gasteiger partial charge is 0.480 e. The molecule has 0 aromatic heterocycles. The van der Waals surface area contributed by atoms with Crippen molar-refractivity contribution in [3.05, 3.63) is 24.3 Å². The van der Waals surface area contributed by atoms with Crippen LogP contribution in [0.5, 0.6) is 5.75 Å². The molecule has 1 heterocycles. The summed E-state index contributed by atoms with van der Waals surface area (Å²) in [6.45, 7) is 3.74. The third kappa shape index (κ3) is 4.45. The van der Waals surface area contributed by atoms with E-state index in [0.29, 0.717) is 17.9 Å². The molecule has 3 N–H and O–H groups in total. The van der Waals surface area contributed by atoms with E-state index in [9.17, 15) is 14.4 Å². The minimum atomic E-state index is -1.09. The standard InChI is InChI=1S/C16H20N2O5/c1-9(2)7-11(16(21)22)17-14(19)8-13-15(20)18-10-5-3-4-6-12(10)23-13/h3-6,9,11,13H,7-8H2,1-2H3,(H,17,19)(H,18,20)(H,21,22). The van der Waals surface area contributed by atoms with Crippen molar-refractivity contribution in [3.63, 3.8) is 0 Å². The van der Waals surface area contributed by atoms with Gasteiger partial charge in [-0.3, -0.25) is 9.59 Å². The van der Waals surface area contributed by atoms with Gasteiger partial charge >= 0.3 is 5.97 Å². The Morgan fingerprint density at radius 3 is 2.70 bits per heavy atom. The first-order valence-electron chi connectivity index (χ1n) is 7.45. The number of benzene rings is 1. The van der Waals surface area contributed by atoms with Crippen molar-refractivity contribution in [1.29, 1.82) is 0 Å². The molecule has 2 amide bonds. The molecule has 2 atom stereocenters. The average molecular weight is 320 g/mol. The van der Waals surface area contributed by atoms with Crippen LogP contribution in [0.2, 0.25) is 0 Å². The van der Waals surface area contributed by atoms with Crippen molar-refractivity contribution in [3.8, 4) is 5.75 Å². The van der Waals surface area contributed by atoms with Crippen LogP contribution in [0.1, 0.15) is 26.7 Å². The molecule has 0 saturated heterocycles. The number of anilines is 1. The smallest absolute Gasteiger partial charge is 0.326 e. The Bertz CT molecular complexity index is 614. The fourth-order valence-corrected chi connectivity index (χ4v) is 2.34. The second-order valence-corrected chi connectivity index (χ2v) is 5.88. The quantitative estimate of drug-likeness (QED) is 0.734. The van der Waals surface area contributed by atoms with Gasteiger partial charge in [-0.25, -0.2) is 4.79 Å². The Morgan fingerprint density at radius 2 is 2.04 bits per heavy atom. The third-order valence-corrected chi connectivity index (χ3v) is 3.42. The highest BCUT2D eigenvalue weighted by Crippen LogP contribution is 2.29. The zero-order valence-electron chi connectivity index (χ0n) is 13.0. The van der Waals surface area contributed by atoms with Gasteiger partial charge in [0.1, 0.15) is 11.8 Å². The Kier molecular flexibility index (Phi) is 5.20. The average Bonchev–Trinajstić information content (AvgIpc) is 2.46. The van der Waals surface area contributed by atoms with E-state index in [0.717, 1.165) is 0 Å². The van der Waals surface area contributed by atoms with Gasteiger partial charge in [0.25, 0.3) is 5.91 Å². The highest BCUT2D eigenvalue weighted by atomic mass is 16.5. The molecule has 0 fully saturated rings. The van der Waals surface area contributed by atoms with Gasteiger partial charge in [-0.05, 0) is 24.5 Å². The molecule has 1 aliphatic heterocycles. The monoisotopic (exact) mass is 320 g/mol. The molecule has 2 unspecified atom stereocenters. The van der Waals surface area contributed by atoms with Crippen LogP contribution in [0.15, 0.2) is 24.3 Å². The first-order valence-corrected chi connectivity index (χ1v) is 7.45. The maximum Gasteiger partial charge on any atom is 0.326 e.